The van der Waals surface area contributed by atoms with Crippen molar-refractivity contribution in [1.29, 1.82) is 0 Å². The average molecular weight is 223 g/mol. The van der Waals surface area contributed by atoms with Crippen LogP contribution in [-0.4, -0.2) is 22.2 Å². The molecule has 86 valence electrons. The van der Waals surface area contributed by atoms with Gasteiger partial charge in [-0.05, 0) is 36.6 Å². The summed E-state index contributed by atoms with van der Waals surface area (Å²) in [5.74, 6) is -1.88. The molecule has 0 amide bonds. The number of carboxylic acids is 2. The molecule has 16 heavy (non-hydrogen) atoms. The Labute approximate surface area is 92.5 Å². The summed E-state index contributed by atoms with van der Waals surface area (Å²) in [6, 6.07) is 4.44. The molecular weight excluding hydrogens is 210 g/mol. The lowest BCUT2D eigenvalue weighted by Crippen LogP contribution is -2.02. The van der Waals surface area contributed by atoms with Crippen molar-refractivity contribution in [2.75, 3.05) is 5.73 Å². The summed E-state index contributed by atoms with van der Waals surface area (Å²) >= 11 is 0. The normalized spacial score (nSPS) is 10.0. The van der Waals surface area contributed by atoms with Crippen LogP contribution in [0.2, 0.25) is 0 Å². The van der Waals surface area contributed by atoms with Gasteiger partial charge in [-0.15, -0.1) is 0 Å². The molecule has 0 aliphatic rings. The molecule has 0 heterocycles. The third kappa shape index (κ3) is 3.27. The summed E-state index contributed by atoms with van der Waals surface area (Å²) in [5, 5.41) is 17.3. The lowest BCUT2D eigenvalue weighted by molar-refractivity contribution is -0.137. The van der Waals surface area contributed by atoms with Gasteiger partial charge in [-0.2, -0.15) is 0 Å². The summed E-state index contributed by atoms with van der Waals surface area (Å²) in [6.07, 6.45) is 0.971. The van der Waals surface area contributed by atoms with E-state index in [1.807, 2.05) is 0 Å². The van der Waals surface area contributed by atoms with Crippen LogP contribution >= 0.6 is 0 Å². The van der Waals surface area contributed by atoms with Crippen molar-refractivity contribution >= 4 is 17.6 Å². The fourth-order valence-corrected chi connectivity index (χ4v) is 1.39. The van der Waals surface area contributed by atoms with Crippen LogP contribution in [0.5, 0.6) is 0 Å². The Hall–Kier alpha value is -2.04. The van der Waals surface area contributed by atoms with Gasteiger partial charge in [0, 0.05) is 12.1 Å². The zero-order chi connectivity index (χ0) is 12.1. The Kier molecular flexibility index (Phi) is 3.88. The maximum atomic E-state index is 10.7. The maximum Gasteiger partial charge on any atom is 0.335 e. The quantitative estimate of drug-likeness (QED) is 0.654. The first kappa shape index (κ1) is 12.0. The second kappa shape index (κ2) is 5.16. The van der Waals surface area contributed by atoms with E-state index >= 15 is 0 Å². The van der Waals surface area contributed by atoms with E-state index in [0.717, 1.165) is 0 Å². The number of nitrogen functional groups attached to an aromatic ring is 1. The highest BCUT2D eigenvalue weighted by Crippen LogP contribution is 2.16. The van der Waals surface area contributed by atoms with E-state index in [4.69, 9.17) is 15.9 Å². The van der Waals surface area contributed by atoms with Gasteiger partial charge in [-0.3, -0.25) is 4.79 Å². The number of hydrogen-bond donors (Lipinski definition) is 3. The minimum absolute atomic E-state index is 0.0523. The smallest absolute Gasteiger partial charge is 0.335 e. The Balaban J connectivity index is 2.74. The van der Waals surface area contributed by atoms with Crippen LogP contribution in [0, 0.1) is 0 Å². The Bertz CT molecular complexity index is 414. The first-order chi connectivity index (χ1) is 7.50. The number of nitrogens with two attached hydrogens (primary N) is 1. The first-order valence-corrected chi connectivity index (χ1v) is 4.84. The number of anilines is 1. The van der Waals surface area contributed by atoms with E-state index in [1.54, 1.807) is 0 Å². The number of hydrogen-bond acceptors (Lipinski definition) is 3. The first-order valence-electron chi connectivity index (χ1n) is 4.84. The van der Waals surface area contributed by atoms with Crippen LogP contribution in [-0.2, 0) is 11.2 Å². The van der Waals surface area contributed by atoms with E-state index in [-0.39, 0.29) is 12.0 Å². The standard InChI is InChI=1S/C11H13NO4/c12-9-5-4-8(11(15)16)6-7(9)2-1-3-10(13)14/h4-6H,1-3,12H2,(H,13,14)(H,15,16). The minimum atomic E-state index is -1.01. The van der Waals surface area contributed by atoms with Gasteiger partial charge in [0.2, 0.25) is 0 Å². The number of benzene rings is 1. The molecule has 0 bridgehead atoms. The van der Waals surface area contributed by atoms with Crippen molar-refractivity contribution in [3.8, 4) is 0 Å². The van der Waals surface area contributed by atoms with E-state index < -0.39 is 11.9 Å². The van der Waals surface area contributed by atoms with Gasteiger partial charge >= 0.3 is 11.9 Å². The van der Waals surface area contributed by atoms with Gasteiger partial charge < -0.3 is 15.9 Å². The Morgan fingerprint density at radius 1 is 1.25 bits per heavy atom. The van der Waals surface area contributed by atoms with Crippen molar-refractivity contribution in [2.45, 2.75) is 19.3 Å². The van der Waals surface area contributed by atoms with Gasteiger partial charge in [0.05, 0.1) is 5.56 Å². The molecule has 1 aromatic rings. The highest BCUT2D eigenvalue weighted by atomic mass is 16.4. The van der Waals surface area contributed by atoms with E-state index in [9.17, 15) is 9.59 Å². The van der Waals surface area contributed by atoms with E-state index in [0.29, 0.717) is 24.1 Å². The van der Waals surface area contributed by atoms with E-state index in [1.165, 1.54) is 18.2 Å². The van der Waals surface area contributed by atoms with Gasteiger partial charge in [-0.1, -0.05) is 0 Å². The largest absolute Gasteiger partial charge is 0.481 e. The third-order valence-corrected chi connectivity index (χ3v) is 2.23. The molecule has 0 aliphatic heterocycles. The Morgan fingerprint density at radius 3 is 2.50 bits per heavy atom. The van der Waals surface area contributed by atoms with Crippen LogP contribution in [0.25, 0.3) is 0 Å². The molecule has 1 rings (SSSR count). The van der Waals surface area contributed by atoms with E-state index in [2.05, 4.69) is 0 Å². The van der Waals surface area contributed by atoms with Crippen LogP contribution in [0.1, 0.15) is 28.8 Å². The topological polar surface area (TPSA) is 101 Å². The molecule has 4 N–H and O–H groups in total. The van der Waals surface area contributed by atoms with Crippen molar-refractivity contribution in [2.24, 2.45) is 0 Å². The zero-order valence-electron chi connectivity index (χ0n) is 8.64. The molecule has 0 radical (unpaired) electrons. The molecule has 0 fully saturated rings. The zero-order valence-corrected chi connectivity index (χ0v) is 8.64. The fraction of sp³-hybridized carbons (Fsp3) is 0.273. The number of aromatic carboxylic acids is 1. The van der Waals surface area contributed by atoms with Crippen molar-refractivity contribution in [1.82, 2.24) is 0 Å². The van der Waals surface area contributed by atoms with Crippen molar-refractivity contribution in [3.05, 3.63) is 29.3 Å². The lowest BCUT2D eigenvalue weighted by atomic mass is 10.0. The van der Waals surface area contributed by atoms with Crippen LogP contribution in [0.3, 0.4) is 0 Å². The van der Waals surface area contributed by atoms with Crippen LogP contribution < -0.4 is 5.73 Å². The molecule has 0 aliphatic carbocycles. The number of carbonyl (C=O) groups is 2. The van der Waals surface area contributed by atoms with Gasteiger partial charge in [0.25, 0.3) is 0 Å². The van der Waals surface area contributed by atoms with Gasteiger partial charge in [-0.25, -0.2) is 4.79 Å². The summed E-state index contributed by atoms with van der Waals surface area (Å²) < 4.78 is 0. The molecule has 0 aromatic heterocycles. The van der Waals surface area contributed by atoms with Crippen LogP contribution in [0.4, 0.5) is 5.69 Å². The number of aryl methyl sites for hydroxylation is 1. The molecule has 0 saturated carbocycles. The second-order valence-corrected chi connectivity index (χ2v) is 3.47. The molecule has 0 unspecified atom stereocenters. The average Bonchev–Trinajstić information content (AvgIpc) is 2.20. The lowest BCUT2D eigenvalue weighted by Gasteiger charge is -2.05. The monoisotopic (exact) mass is 223 g/mol. The SMILES string of the molecule is Nc1ccc(C(=O)O)cc1CCCC(=O)O. The highest BCUT2D eigenvalue weighted by molar-refractivity contribution is 5.88. The molecule has 1 aromatic carbocycles. The number of rotatable bonds is 5. The number of carboxylic acid groups (broad SMARTS) is 2. The predicted octanol–water partition coefficient (Wildman–Crippen LogP) is 1.37. The summed E-state index contributed by atoms with van der Waals surface area (Å²) in [6.45, 7) is 0. The van der Waals surface area contributed by atoms with Crippen LogP contribution in [0.15, 0.2) is 18.2 Å². The molecule has 5 heteroatoms. The third-order valence-electron chi connectivity index (χ3n) is 2.23. The molecule has 0 spiro atoms. The molecule has 0 atom stereocenters. The molecule has 5 nitrogen and oxygen atoms in total. The number of aliphatic carboxylic acids is 1. The second-order valence-electron chi connectivity index (χ2n) is 3.47. The van der Waals surface area contributed by atoms with Gasteiger partial charge in [0.15, 0.2) is 0 Å². The summed E-state index contributed by atoms with van der Waals surface area (Å²) in [4.78, 5) is 21.0. The summed E-state index contributed by atoms with van der Waals surface area (Å²) in [7, 11) is 0. The maximum absolute atomic E-state index is 10.7. The molecule has 0 saturated heterocycles. The Morgan fingerprint density at radius 2 is 1.94 bits per heavy atom. The predicted molar refractivity (Wildman–Crippen MR) is 58.4 cm³/mol. The minimum Gasteiger partial charge on any atom is -0.481 e. The van der Waals surface area contributed by atoms with Crippen molar-refractivity contribution < 1.29 is 19.8 Å². The van der Waals surface area contributed by atoms with Crippen molar-refractivity contribution in [3.63, 3.8) is 0 Å². The highest BCUT2D eigenvalue weighted by Gasteiger charge is 2.07. The van der Waals surface area contributed by atoms with Gasteiger partial charge in [0.1, 0.15) is 0 Å². The summed E-state index contributed by atoms with van der Waals surface area (Å²) in [5.41, 5.74) is 7.01. The molecular formula is C11H13NO4. The fourth-order valence-electron chi connectivity index (χ4n) is 1.39.